The molecule has 88 valence electrons. The fraction of sp³-hybridized carbons (Fsp3) is 0.636. The second-order valence-corrected chi connectivity index (χ2v) is 5.27. The van der Waals surface area contributed by atoms with Crippen LogP contribution in [-0.2, 0) is 0 Å². The van der Waals surface area contributed by atoms with Gasteiger partial charge in [-0.1, -0.05) is 0 Å². The van der Waals surface area contributed by atoms with E-state index in [4.69, 9.17) is 0 Å². The zero-order valence-electron chi connectivity index (χ0n) is 9.49. The van der Waals surface area contributed by atoms with Gasteiger partial charge in [0.1, 0.15) is 0 Å². The average molecular weight is 285 g/mol. The predicted octanol–water partition coefficient (Wildman–Crippen LogP) is 1.99. The van der Waals surface area contributed by atoms with Crippen molar-refractivity contribution in [3.05, 3.63) is 16.9 Å². The van der Waals surface area contributed by atoms with E-state index in [-0.39, 0.29) is 0 Å². The van der Waals surface area contributed by atoms with Gasteiger partial charge in [0.05, 0.1) is 4.47 Å². The molecule has 1 aliphatic rings. The number of nitrogens with zero attached hydrogens (tertiary/aromatic N) is 3. The number of rotatable bonds is 3. The molecule has 4 nitrogen and oxygen atoms in total. The Kier molecular flexibility index (Phi) is 4.12. The first kappa shape index (κ1) is 11.8. The van der Waals surface area contributed by atoms with Crippen molar-refractivity contribution in [2.75, 3.05) is 32.0 Å². The number of piperidine rings is 1. The van der Waals surface area contributed by atoms with Crippen molar-refractivity contribution in [2.24, 2.45) is 5.92 Å². The quantitative estimate of drug-likeness (QED) is 0.922. The Morgan fingerprint density at radius 1 is 1.38 bits per heavy atom. The fourth-order valence-electron chi connectivity index (χ4n) is 1.91. The van der Waals surface area contributed by atoms with Crippen LogP contribution >= 0.6 is 15.9 Å². The molecule has 1 aliphatic heterocycles. The second kappa shape index (κ2) is 5.59. The minimum absolute atomic E-state index is 0.724. The largest absolute Gasteiger partial charge is 0.354 e. The summed E-state index contributed by atoms with van der Waals surface area (Å²) in [5, 5.41) is 3.29. The van der Waals surface area contributed by atoms with Gasteiger partial charge in [-0.25, -0.2) is 9.97 Å². The van der Waals surface area contributed by atoms with Gasteiger partial charge in [-0.15, -0.1) is 0 Å². The van der Waals surface area contributed by atoms with Gasteiger partial charge >= 0.3 is 0 Å². The lowest BCUT2D eigenvalue weighted by Crippen LogP contribution is -2.33. The number of likely N-dealkylation sites (tertiary alicyclic amines) is 1. The number of halogens is 1. The van der Waals surface area contributed by atoms with Crippen molar-refractivity contribution >= 4 is 21.9 Å². The predicted molar refractivity (Wildman–Crippen MR) is 68.4 cm³/mol. The first-order valence-corrected chi connectivity index (χ1v) is 6.43. The Bertz CT molecular complexity index is 319. The van der Waals surface area contributed by atoms with Crippen molar-refractivity contribution in [3.63, 3.8) is 0 Å². The third kappa shape index (κ3) is 3.42. The highest BCUT2D eigenvalue weighted by Crippen LogP contribution is 2.16. The fourth-order valence-corrected chi connectivity index (χ4v) is 2.11. The highest BCUT2D eigenvalue weighted by Gasteiger charge is 2.16. The lowest BCUT2D eigenvalue weighted by Gasteiger charge is -2.28. The third-order valence-corrected chi connectivity index (χ3v) is 3.42. The summed E-state index contributed by atoms with van der Waals surface area (Å²) in [4.78, 5) is 10.8. The molecule has 1 fully saturated rings. The minimum atomic E-state index is 0.724. The molecule has 1 saturated heterocycles. The molecule has 0 saturated carbocycles. The van der Waals surface area contributed by atoms with Crippen LogP contribution in [0.5, 0.6) is 0 Å². The standard InChI is InChI=1S/C11H17BrN4/c1-16-4-2-9(3-5-16)6-13-11-14-7-10(12)8-15-11/h7-9H,2-6H2,1H3,(H,13,14,15). The van der Waals surface area contributed by atoms with Crippen LogP contribution in [0.4, 0.5) is 5.95 Å². The smallest absolute Gasteiger partial charge is 0.222 e. The van der Waals surface area contributed by atoms with Gasteiger partial charge in [0.15, 0.2) is 0 Å². The molecule has 0 radical (unpaired) electrons. The first-order chi connectivity index (χ1) is 7.74. The summed E-state index contributed by atoms with van der Waals surface area (Å²) in [6, 6.07) is 0. The van der Waals surface area contributed by atoms with Crippen molar-refractivity contribution in [2.45, 2.75) is 12.8 Å². The van der Waals surface area contributed by atoms with Crippen molar-refractivity contribution in [1.82, 2.24) is 14.9 Å². The molecular weight excluding hydrogens is 268 g/mol. The molecule has 1 N–H and O–H groups in total. The van der Waals surface area contributed by atoms with Crippen molar-refractivity contribution in [3.8, 4) is 0 Å². The maximum atomic E-state index is 4.20. The lowest BCUT2D eigenvalue weighted by molar-refractivity contribution is 0.226. The molecule has 0 aliphatic carbocycles. The molecular formula is C11H17BrN4. The Balaban J connectivity index is 1.77. The summed E-state index contributed by atoms with van der Waals surface area (Å²) in [6.07, 6.45) is 6.06. The zero-order chi connectivity index (χ0) is 11.4. The SMILES string of the molecule is CN1CCC(CNc2ncc(Br)cn2)CC1. The molecule has 0 unspecified atom stereocenters. The van der Waals surface area contributed by atoms with Crippen LogP contribution < -0.4 is 5.32 Å². The number of anilines is 1. The van der Waals surface area contributed by atoms with Gasteiger partial charge in [0.25, 0.3) is 0 Å². The average Bonchev–Trinajstić information content (AvgIpc) is 2.30. The Labute approximate surface area is 105 Å². The molecule has 16 heavy (non-hydrogen) atoms. The summed E-state index contributed by atoms with van der Waals surface area (Å²) in [5.74, 6) is 1.48. The van der Waals surface area contributed by atoms with Gasteiger partial charge < -0.3 is 10.2 Å². The van der Waals surface area contributed by atoms with E-state index in [1.54, 1.807) is 12.4 Å². The van der Waals surface area contributed by atoms with Crippen LogP contribution in [0.25, 0.3) is 0 Å². The monoisotopic (exact) mass is 284 g/mol. The highest BCUT2D eigenvalue weighted by molar-refractivity contribution is 9.10. The Morgan fingerprint density at radius 3 is 2.62 bits per heavy atom. The molecule has 5 heteroatoms. The molecule has 0 amide bonds. The molecule has 0 aromatic carbocycles. The van der Waals surface area contributed by atoms with Crippen molar-refractivity contribution in [1.29, 1.82) is 0 Å². The molecule has 1 aromatic rings. The number of aromatic nitrogens is 2. The summed E-state index contributed by atoms with van der Waals surface area (Å²) in [5.41, 5.74) is 0. The molecule has 2 rings (SSSR count). The van der Waals surface area contributed by atoms with E-state index in [1.807, 2.05) is 0 Å². The van der Waals surface area contributed by atoms with Crippen LogP contribution in [0.15, 0.2) is 16.9 Å². The van der Waals surface area contributed by atoms with E-state index in [2.05, 4.69) is 43.2 Å². The topological polar surface area (TPSA) is 41.0 Å². The van der Waals surface area contributed by atoms with E-state index in [0.29, 0.717) is 0 Å². The van der Waals surface area contributed by atoms with E-state index in [1.165, 1.54) is 25.9 Å². The molecule has 1 aromatic heterocycles. The van der Waals surface area contributed by atoms with E-state index < -0.39 is 0 Å². The number of hydrogen-bond acceptors (Lipinski definition) is 4. The van der Waals surface area contributed by atoms with E-state index in [9.17, 15) is 0 Å². The van der Waals surface area contributed by atoms with Gasteiger partial charge in [0.2, 0.25) is 5.95 Å². The minimum Gasteiger partial charge on any atom is -0.354 e. The Morgan fingerprint density at radius 2 is 2.00 bits per heavy atom. The molecule has 0 atom stereocenters. The molecule has 0 spiro atoms. The Hall–Kier alpha value is -0.680. The zero-order valence-corrected chi connectivity index (χ0v) is 11.1. The van der Waals surface area contributed by atoms with E-state index >= 15 is 0 Å². The lowest BCUT2D eigenvalue weighted by atomic mass is 9.97. The summed E-state index contributed by atoms with van der Waals surface area (Å²) >= 11 is 3.32. The van der Waals surface area contributed by atoms with E-state index in [0.717, 1.165) is 22.9 Å². The summed E-state index contributed by atoms with van der Waals surface area (Å²) < 4.78 is 0.914. The van der Waals surface area contributed by atoms with Gasteiger partial charge in [-0.2, -0.15) is 0 Å². The van der Waals surface area contributed by atoms with Crippen LogP contribution in [0.2, 0.25) is 0 Å². The van der Waals surface area contributed by atoms with Crippen molar-refractivity contribution < 1.29 is 0 Å². The summed E-state index contributed by atoms with van der Waals surface area (Å²) in [6.45, 7) is 3.39. The molecule has 2 heterocycles. The van der Waals surface area contributed by atoms with Crippen LogP contribution in [0.1, 0.15) is 12.8 Å². The van der Waals surface area contributed by atoms with Crippen LogP contribution in [0.3, 0.4) is 0 Å². The second-order valence-electron chi connectivity index (χ2n) is 4.35. The van der Waals surface area contributed by atoms with Gasteiger partial charge in [0, 0.05) is 18.9 Å². The maximum absolute atomic E-state index is 4.20. The maximum Gasteiger partial charge on any atom is 0.222 e. The highest BCUT2D eigenvalue weighted by atomic mass is 79.9. The first-order valence-electron chi connectivity index (χ1n) is 5.64. The van der Waals surface area contributed by atoms with Gasteiger partial charge in [-0.3, -0.25) is 0 Å². The summed E-state index contributed by atoms with van der Waals surface area (Å²) in [7, 11) is 2.18. The van der Waals surface area contributed by atoms with Crippen LogP contribution in [-0.4, -0.2) is 41.5 Å². The number of hydrogen-bond donors (Lipinski definition) is 1. The van der Waals surface area contributed by atoms with Gasteiger partial charge in [-0.05, 0) is 54.8 Å². The molecule has 0 bridgehead atoms. The van der Waals surface area contributed by atoms with Crippen LogP contribution in [0, 0.1) is 5.92 Å². The number of nitrogens with one attached hydrogen (secondary N) is 1. The normalized spacial score (nSPS) is 18.6. The third-order valence-electron chi connectivity index (χ3n) is 3.01.